The number of rotatable bonds is 8. The van der Waals surface area contributed by atoms with Crippen molar-refractivity contribution in [2.75, 3.05) is 12.9 Å². The fourth-order valence-electron chi connectivity index (χ4n) is 3.65. The van der Waals surface area contributed by atoms with Crippen molar-refractivity contribution in [1.82, 2.24) is 5.32 Å². The summed E-state index contributed by atoms with van der Waals surface area (Å²) >= 11 is 1.63. The van der Waals surface area contributed by atoms with Crippen LogP contribution in [0.2, 0.25) is 0 Å². The van der Waals surface area contributed by atoms with Crippen LogP contribution in [0.3, 0.4) is 0 Å². The highest BCUT2D eigenvalue weighted by Crippen LogP contribution is 2.42. The molecule has 0 saturated carbocycles. The summed E-state index contributed by atoms with van der Waals surface area (Å²) in [6, 6.07) is 16.0. The molecule has 0 aliphatic carbocycles. The van der Waals surface area contributed by atoms with E-state index in [-0.39, 0.29) is 17.6 Å². The molecule has 2 aromatic rings. The molecule has 0 spiro atoms. The van der Waals surface area contributed by atoms with Gasteiger partial charge in [-0.1, -0.05) is 44.2 Å². The van der Waals surface area contributed by atoms with Gasteiger partial charge in [-0.3, -0.25) is 4.79 Å². The Morgan fingerprint density at radius 2 is 1.89 bits per heavy atom. The van der Waals surface area contributed by atoms with Crippen LogP contribution in [-0.4, -0.2) is 24.4 Å². The van der Waals surface area contributed by atoms with Crippen LogP contribution in [-0.2, 0) is 10.5 Å². The van der Waals surface area contributed by atoms with E-state index < -0.39 is 0 Å². The number of carbonyl (C=O) groups excluding carboxylic acids is 1. The summed E-state index contributed by atoms with van der Waals surface area (Å²) in [4.78, 5) is 12.6. The van der Waals surface area contributed by atoms with Gasteiger partial charge in [0, 0.05) is 17.7 Å². The zero-order valence-corrected chi connectivity index (χ0v) is 17.7. The average molecular weight is 400 g/mol. The lowest BCUT2D eigenvalue weighted by atomic mass is 9.83. The molecule has 1 heterocycles. The smallest absolute Gasteiger partial charge is 0.230 e. The van der Waals surface area contributed by atoms with Gasteiger partial charge in [0.05, 0.1) is 18.9 Å². The lowest BCUT2D eigenvalue weighted by Gasteiger charge is -2.41. The first-order valence-corrected chi connectivity index (χ1v) is 11.0. The number of methoxy groups -OCH3 is 1. The van der Waals surface area contributed by atoms with Crippen LogP contribution in [0.4, 0.5) is 0 Å². The Bertz CT molecular complexity index is 787. The fourth-order valence-corrected chi connectivity index (χ4v) is 4.45. The third kappa shape index (κ3) is 4.82. The number of hydrogen-bond donors (Lipinski definition) is 1. The van der Waals surface area contributed by atoms with Gasteiger partial charge < -0.3 is 14.8 Å². The van der Waals surface area contributed by atoms with Crippen molar-refractivity contribution in [3.05, 3.63) is 59.7 Å². The minimum absolute atomic E-state index is 0.000985. The fraction of sp³-hybridized carbons (Fsp3) is 0.435. The molecule has 1 aliphatic heterocycles. The Balaban J connectivity index is 1.59. The van der Waals surface area contributed by atoms with Gasteiger partial charge in [0.2, 0.25) is 5.91 Å². The molecule has 0 radical (unpaired) electrons. The molecule has 0 bridgehead atoms. The van der Waals surface area contributed by atoms with E-state index in [0.29, 0.717) is 5.75 Å². The minimum atomic E-state index is -0.206. The van der Waals surface area contributed by atoms with Gasteiger partial charge in [0.15, 0.2) is 0 Å². The maximum Gasteiger partial charge on any atom is 0.230 e. The molecule has 1 N–H and O–H groups in total. The van der Waals surface area contributed by atoms with Gasteiger partial charge in [-0.05, 0) is 36.6 Å². The second-order valence-corrected chi connectivity index (χ2v) is 8.18. The monoisotopic (exact) mass is 399 g/mol. The second-order valence-electron chi connectivity index (χ2n) is 7.20. The maximum atomic E-state index is 12.6. The molecule has 0 fully saturated rings. The van der Waals surface area contributed by atoms with Gasteiger partial charge in [-0.15, -0.1) is 11.8 Å². The molecule has 0 unspecified atom stereocenters. The van der Waals surface area contributed by atoms with Gasteiger partial charge in [0.1, 0.15) is 17.1 Å². The standard InChI is InChI=1S/C23H29NO3S/c1-4-23(5-2)14-20(19-8-6-7-9-21(19)27-23)24-22(25)16-28-15-17-10-12-18(26-3)13-11-17/h6-13,20H,4-5,14-16H2,1-3H3,(H,24,25)/t20-/m1/s1. The van der Waals surface area contributed by atoms with Crippen LogP contribution >= 0.6 is 11.8 Å². The Morgan fingerprint density at radius 3 is 2.57 bits per heavy atom. The number of para-hydroxylation sites is 1. The van der Waals surface area contributed by atoms with E-state index in [1.807, 2.05) is 42.5 Å². The number of nitrogens with one attached hydrogen (secondary N) is 1. The zero-order valence-electron chi connectivity index (χ0n) is 16.9. The molecule has 150 valence electrons. The Kier molecular flexibility index (Phi) is 6.89. The number of carbonyl (C=O) groups is 1. The summed E-state index contributed by atoms with van der Waals surface area (Å²) in [5.41, 5.74) is 2.06. The summed E-state index contributed by atoms with van der Waals surface area (Å²) in [5, 5.41) is 3.24. The minimum Gasteiger partial charge on any atom is -0.497 e. The molecular weight excluding hydrogens is 370 g/mol. The molecule has 5 heteroatoms. The van der Waals surface area contributed by atoms with E-state index in [2.05, 4.69) is 25.2 Å². The van der Waals surface area contributed by atoms with E-state index in [9.17, 15) is 4.79 Å². The van der Waals surface area contributed by atoms with E-state index in [4.69, 9.17) is 9.47 Å². The number of fused-ring (bicyclic) bond motifs is 1. The summed E-state index contributed by atoms with van der Waals surface area (Å²) in [5.74, 6) is 3.06. The molecule has 1 amide bonds. The van der Waals surface area contributed by atoms with Gasteiger partial charge in [0.25, 0.3) is 0 Å². The summed E-state index contributed by atoms with van der Waals surface area (Å²) < 4.78 is 11.5. The molecule has 0 aromatic heterocycles. The lowest BCUT2D eigenvalue weighted by molar-refractivity contribution is -0.120. The number of amides is 1. The summed E-state index contributed by atoms with van der Waals surface area (Å²) in [6.45, 7) is 4.31. The van der Waals surface area contributed by atoms with Crippen molar-refractivity contribution >= 4 is 17.7 Å². The van der Waals surface area contributed by atoms with Crippen LogP contribution in [0.25, 0.3) is 0 Å². The topological polar surface area (TPSA) is 47.6 Å². The molecule has 3 rings (SSSR count). The summed E-state index contributed by atoms with van der Waals surface area (Å²) in [7, 11) is 1.66. The normalized spacial score (nSPS) is 17.3. The van der Waals surface area contributed by atoms with Crippen molar-refractivity contribution in [2.24, 2.45) is 0 Å². The highest BCUT2D eigenvalue weighted by Gasteiger charge is 2.38. The van der Waals surface area contributed by atoms with Crippen LogP contribution in [0.5, 0.6) is 11.5 Å². The molecule has 1 aliphatic rings. The number of benzene rings is 2. The zero-order chi connectivity index (χ0) is 20.0. The number of thioether (sulfide) groups is 1. The van der Waals surface area contributed by atoms with Crippen LogP contribution in [0.15, 0.2) is 48.5 Å². The molecule has 1 atom stereocenters. The van der Waals surface area contributed by atoms with Crippen molar-refractivity contribution in [2.45, 2.75) is 50.5 Å². The highest BCUT2D eigenvalue weighted by molar-refractivity contribution is 7.99. The quantitative estimate of drug-likeness (QED) is 0.669. The largest absolute Gasteiger partial charge is 0.497 e. The van der Waals surface area contributed by atoms with Crippen molar-refractivity contribution in [3.63, 3.8) is 0 Å². The maximum absolute atomic E-state index is 12.6. The van der Waals surface area contributed by atoms with E-state index in [1.165, 1.54) is 5.56 Å². The van der Waals surface area contributed by atoms with Crippen molar-refractivity contribution in [3.8, 4) is 11.5 Å². The number of hydrogen-bond acceptors (Lipinski definition) is 4. The van der Waals surface area contributed by atoms with E-state index >= 15 is 0 Å². The van der Waals surface area contributed by atoms with Gasteiger partial charge >= 0.3 is 0 Å². The first-order valence-electron chi connectivity index (χ1n) is 9.87. The highest BCUT2D eigenvalue weighted by atomic mass is 32.2. The first-order chi connectivity index (χ1) is 13.6. The predicted molar refractivity (Wildman–Crippen MR) is 115 cm³/mol. The van der Waals surface area contributed by atoms with Gasteiger partial charge in [-0.25, -0.2) is 0 Å². The molecule has 0 saturated heterocycles. The van der Waals surface area contributed by atoms with Crippen molar-refractivity contribution < 1.29 is 14.3 Å². The molecule has 4 nitrogen and oxygen atoms in total. The Hall–Kier alpha value is -2.14. The first kappa shape index (κ1) is 20.6. The average Bonchev–Trinajstić information content (AvgIpc) is 2.74. The summed E-state index contributed by atoms with van der Waals surface area (Å²) in [6.07, 6.45) is 2.67. The predicted octanol–water partition coefficient (Wildman–Crippen LogP) is 5.13. The van der Waals surface area contributed by atoms with Gasteiger partial charge in [-0.2, -0.15) is 0 Å². The van der Waals surface area contributed by atoms with E-state index in [0.717, 1.165) is 42.1 Å². The van der Waals surface area contributed by atoms with Crippen LogP contribution in [0.1, 0.15) is 50.3 Å². The molecule has 28 heavy (non-hydrogen) atoms. The molecular formula is C23H29NO3S. The number of ether oxygens (including phenoxy) is 2. The van der Waals surface area contributed by atoms with Crippen molar-refractivity contribution in [1.29, 1.82) is 0 Å². The van der Waals surface area contributed by atoms with Crippen LogP contribution < -0.4 is 14.8 Å². The second kappa shape index (κ2) is 9.37. The SMILES string of the molecule is CCC1(CC)C[C@@H](NC(=O)CSCc2ccc(OC)cc2)c2ccccc2O1. The third-order valence-corrected chi connectivity index (χ3v) is 6.49. The lowest BCUT2D eigenvalue weighted by Crippen LogP contribution is -2.44. The Morgan fingerprint density at radius 1 is 1.18 bits per heavy atom. The van der Waals surface area contributed by atoms with Crippen LogP contribution in [0, 0.1) is 0 Å². The third-order valence-electron chi connectivity index (χ3n) is 5.48. The Labute approximate surface area is 172 Å². The molecule has 2 aromatic carbocycles. The van der Waals surface area contributed by atoms with E-state index in [1.54, 1.807) is 18.9 Å².